The Bertz CT molecular complexity index is 1450. The van der Waals surface area contributed by atoms with Gasteiger partial charge >= 0.3 is 5.69 Å². The summed E-state index contributed by atoms with van der Waals surface area (Å²) in [5, 5.41) is 14.2. The highest BCUT2D eigenvalue weighted by Crippen LogP contribution is 2.32. The Kier molecular flexibility index (Phi) is 8.44. The lowest BCUT2D eigenvalue weighted by Gasteiger charge is -2.28. The highest BCUT2D eigenvalue weighted by molar-refractivity contribution is 5.78. The highest BCUT2D eigenvalue weighted by atomic mass is 16.2. The number of hydrogen-bond donors (Lipinski definition) is 1. The number of carbonyl (C=O) groups is 1. The second-order valence-electron chi connectivity index (χ2n) is 10.6. The largest absolute Gasteiger partial charge is 0.328 e. The van der Waals surface area contributed by atoms with Crippen molar-refractivity contribution >= 4 is 5.78 Å². The zero-order valence-corrected chi connectivity index (χ0v) is 22.8. The van der Waals surface area contributed by atoms with Crippen molar-refractivity contribution in [3.05, 3.63) is 70.7 Å². The van der Waals surface area contributed by atoms with Crippen molar-refractivity contribution in [2.45, 2.75) is 84.2 Å². The van der Waals surface area contributed by atoms with Gasteiger partial charge in [0.05, 0.1) is 12.2 Å². The van der Waals surface area contributed by atoms with Crippen molar-refractivity contribution in [2.75, 3.05) is 0 Å². The number of aryl methyl sites for hydroxylation is 1. The van der Waals surface area contributed by atoms with Crippen molar-refractivity contribution in [1.29, 1.82) is 0 Å². The number of benzene rings is 1. The molecule has 0 saturated heterocycles. The first-order chi connectivity index (χ1) is 19.0. The van der Waals surface area contributed by atoms with Gasteiger partial charge in [-0.2, -0.15) is 0 Å². The smallest absolute Gasteiger partial charge is 0.300 e. The summed E-state index contributed by atoms with van der Waals surface area (Å²) in [6, 6.07) is 11.9. The number of ketones is 1. The molecule has 0 spiro atoms. The van der Waals surface area contributed by atoms with Crippen molar-refractivity contribution < 1.29 is 4.79 Å². The molecule has 1 fully saturated rings. The standard InChI is InChI=1S/C30H37N7O2/c1-3-4-12-26-20-37(28-14-8-6-5-7-13-27(28)21(2)38)30(39)36(26)19-25-18-23(15-16-31-25)22-10-9-11-24(17-22)29-32-34-35-33-29/h9-11,15-18,20,27-28H,3-8,12-14,19H2,1-2H3,(H,32,33,34,35). The average molecular weight is 528 g/mol. The lowest BCUT2D eigenvalue weighted by atomic mass is 9.84. The number of aromatic amines is 1. The van der Waals surface area contributed by atoms with Gasteiger partial charge in [0, 0.05) is 35.6 Å². The molecule has 5 rings (SSSR count). The molecule has 204 valence electrons. The number of aromatic nitrogens is 7. The Morgan fingerprint density at radius 3 is 2.62 bits per heavy atom. The fraction of sp³-hybridized carbons (Fsp3) is 0.467. The summed E-state index contributed by atoms with van der Waals surface area (Å²) in [6.45, 7) is 4.23. The molecule has 0 aliphatic heterocycles. The maximum absolute atomic E-state index is 13.9. The summed E-state index contributed by atoms with van der Waals surface area (Å²) in [5.41, 5.74) is 4.71. The van der Waals surface area contributed by atoms with Crippen LogP contribution in [0.15, 0.2) is 53.6 Å². The molecule has 1 saturated carbocycles. The van der Waals surface area contributed by atoms with Crippen LogP contribution in [0.5, 0.6) is 0 Å². The van der Waals surface area contributed by atoms with E-state index in [1.807, 2.05) is 51.7 Å². The predicted octanol–water partition coefficient (Wildman–Crippen LogP) is 5.38. The van der Waals surface area contributed by atoms with Crippen molar-refractivity contribution in [2.24, 2.45) is 5.92 Å². The molecule has 0 bridgehead atoms. The van der Waals surface area contributed by atoms with Gasteiger partial charge in [-0.3, -0.25) is 18.9 Å². The van der Waals surface area contributed by atoms with E-state index in [-0.39, 0.29) is 23.4 Å². The maximum atomic E-state index is 13.9. The number of unbranched alkanes of at least 4 members (excludes halogenated alkanes) is 1. The van der Waals surface area contributed by atoms with Crippen LogP contribution in [0.2, 0.25) is 0 Å². The van der Waals surface area contributed by atoms with E-state index in [4.69, 9.17) is 0 Å². The molecule has 2 atom stereocenters. The summed E-state index contributed by atoms with van der Waals surface area (Å²) < 4.78 is 3.75. The van der Waals surface area contributed by atoms with Crippen LogP contribution < -0.4 is 5.69 Å². The molecule has 1 aliphatic rings. The maximum Gasteiger partial charge on any atom is 0.328 e. The minimum Gasteiger partial charge on any atom is -0.300 e. The molecular formula is C30H37N7O2. The molecule has 0 amide bonds. The summed E-state index contributed by atoms with van der Waals surface area (Å²) in [5.74, 6) is 0.693. The van der Waals surface area contributed by atoms with Crippen LogP contribution in [-0.2, 0) is 17.8 Å². The van der Waals surface area contributed by atoms with Crippen LogP contribution >= 0.6 is 0 Å². The second-order valence-corrected chi connectivity index (χ2v) is 10.6. The molecule has 3 aromatic heterocycles. The van der Waals surface area contributed by atoms with Gasteiger partial charge in [0.2, 0.25) is 0 Å². The minimum atomic E-state index is -0.105. The van der Waals surface area contributed by atoms with Gasteiger partial charge in [-0.15, -0.1) is 5.10 Å². The molecule has 4 aromatic rings. The van der Waals surface area contributed by atoms with Crippen LogP contribution in [0, 0.1) is 5.92 Å². The van der Waals surface area contributed by atoms with Crippen LogP contribution in [-0.4, -0.2) is 40.5 Å². The molecule has 1 aliphatic carbocycles. The van der Waals surface area contributed by atoms with Crippen LogP contribution in [0.4, 0.5) is 0 Å². The third kappa shape index (κ3) is 6.08. The van der Waals surface area contributed by atoms with Crippen molar-refractivity contribution in [3.8, 4) is 22.5 Å². The molecule has 1 N–H and O–H groups in total. The van der Waals surface area contributed by atoms with Crippen LogP contribution in [0.25, 0.3) is 22.5 Å². The van der Waals surface area contributed by atoms with E-state index in [1.54, 1.807) is 13.1 Å². The number of pyridine rings is 1. The van der Waals surface area contributed by atoms with Gasteiger partial charge < -0.3 is 0 Å². The monoisotopic (exact) mass is 527 g/mol. The molecular weight excluding hydrogens is 490 g/mol. The Morgan fingerprint density at radius 2 is 1.85 bits per heavy atom. The summed E-state index contributed by atoms with van der Waals surface area (Å²) >= 11 is 0. The Morgan fingerprint density at radius 1 is 1.05 bits per heavy atom. The van der Waals surface area contributed by atoms with E-state index in [0.717, 1.165) is 85.9 Å². The van der Waals surface area contributed by atoms with Gasteiger partial charge in [-0.05, 0) is 72.4 Å². The zero-order chi connectivity index (χ0) is 27.2. The van der Waals surface area contributed by atoms with E-state index in [1.165, 1.54) is 0 Å². The average Bonchev–Trinajstić information content (AvgIpc) is 3.57. The fourth-order valence-electron chi connectivity index (χ4n) is 5.82. The van der Waals surface area contributed by atoms with E-state index < -0.39 is 0 Å². The zero-order valence-electron chi connectivity index (χ0n) is 22.8. The fourth-order valence-corrected chi connectivity index (χ4v) is 5.82. The number of carbonyl (C=O) groups excluding carboxylic acids is 1. The molecule has 1 aromatic carbocycles. The van der Waals surface area contributed by atoms with Crippen LogP contribution in [0.1, 0.15) is 82.6 Å². The quantitative estimate of drug-likeness (QED) is 0.313. The van der Waals surface area contributed by atoms with Gasteiger partial charge in [-0.1, -0.05) is 57.2 Å². The summed E-state index contributed by atoms with van der Waals surface area (Å²) in [4.78, 5) is 31.2. The molecule has 3 heterocycles. The van der Waals surface area contributed by atoms with E-state index in [2.05, 4.69) is 32.5 Å². The first-order valence-electron chi connectivity index (χ1n) is 14.2. The first kappa shape index (κ1) is 26.7. The number of imidazole rings is 1. The Balaban J connectivity index is 1.48. The van der Waals surface area contributed by atoms with Gasteiger partial charge in [0.25, 0.3) is 0 Å². The third-order valence-electron chi connectivity index (χ3n) is 7.93. The molecule has 9 nitrogen and oxygen atoms in total. The third-order valence-corrected chi connectivity index (χ3v) is 7.93. The number of tetrazole rings is 1. The highest BCUT2D eigenvalue weighted by Gasteiger charge is 2.30. The molecule has 9 heteroatoms. The molecule has 39 heavy (non-hydrogen) atoms. The molecule has 2 unspecified atom stereocenters. The Hall–Kier alpha value is -3.88. The van der Waals surface area contributed by atoms with Gasteiger partial charge in [0.15, 0.2) is 5.82 Å². The summed E-state index contributed by atoms with van der Waals surface area (Å²) in [7, 11) is 0. The second kappa shape index (κ2) is 12.3. The number of rotatable bonds is 9. The lowest BCUT2D eigenvalue weighted by molar-refractivity contribution is -0.122. The van der Waals surface area contributed by atoms with Gasteiger partial charge in [0.1, 0.15) is 5.78 Å². The molecule has 0 radical (unpaired) electrons. The lowest BCUT2D eigenvalue weighted by Crippen LogP contribution is -2.34. The van der Waals surface area contributed by atoms with E-state index in [9.17, 15) is 9.59 Å². The van der Waals surface area contributed by atoms with Crippen molar-refractivity contribution in [1.82, 2.24) is 34.7 Å². The first-order valence-corrected chi connectivity index (χ1v) is 14.2. The van der Waals surface area contributed by atoms with E-state index >= 15 is 0 Å². The number of hydrogen-bond acceptors (Lipinski definition) is 6. The number of Topliss-reactive ketones (excluding diaryl/α,β-unsaturated/α-hetero) is 1. The number of nitrogens with one attached hydrogen (secondary N) is 1. The number of nitrogens with zero attached hydrogens (tertiary/aromatic N) is 6. The van der Waals surface area contributed by atoms with Crippen molar-refractivity contribution in [3.63, 3.8) is 0 Å². The Labute approximate surface area is 228 Å². The predicted molar refractivity (Wildman–Crippen MR) is 150 cm³/mol. The SMILES string of the molecule is CCCCc1cn(C2CCCCCCC2C(C)=O)c(=O)n1Cc1cc(-c2cccc(-c3nnn[nH]3)c2)ccn1. The van der Waals surface area contributed by atoms with Crippen LogP contribution in [0.3, 0.4) is 0 Å². The van der Waals surface area contributed by atoms with E-state index in [0.29, 0.717) is 12.4 Å². The normalized spacial score (nSPS) is 18.0. The minimum absolute atomic E-state index is 0.0371. The number of H-pyrrole nitrogens is 1. The van der Waals surface area contributed by atoms with Gasteiger partial charge in [-0.25, -0.2) is 9.89 Å². The summed E-state index contributed by atoms with van der Waals surface area (Å²) in [6.07, 6.45) is 12.8. The topological polar surface area (TPSA) is 111 Å².